The van der Waals surface area contributed by atoms with Crippen LogP contribution in [0.25, 0.3) is 0 Å². The molecular formula is HI3Tl. The summed E-state index contributed by atoms with van der Waals surface area (Å²) in [6, 6.07) is 0. The average molecular weight is 586 g/mol. The molecule has 0 N–H and O–H groups in total. The predicted molar refractivity (Wildman–Crippen MR) is 49.2 cm³/mol. The van der Waals surface area contributed by atoms with Crippen LogP contribution in [-0.4, -0.2) is 27.3 Å². The molecule has 0 rings (SSSR count). The minimum absolute atomic E-state index is 0. The van der Waals surface area contributed by atoms with Gasteiger partial charge in [0.15, 0.2) is 0 Å². The molecule has 0 unspecified atom stereocenters. The van der Waals surface area contributed by atoms with Gasteiger partial charge < -0.3 is 0 Å². The van der Waals surface area contributed by atoms with Crippen LogP contribution in [0.5, 0.6) is 0 Å². The Labute approximate surface area is 75.6 Å². The summed E-state index contributed by atoms with van der Waals surface area (Å²) >= 11 is 5.22. The van der Waals surface area contributed by atoms with E-state index in [0.717, 1.165) is 0 Å². The molecule has 25 valence electrons. The fraction of sp³-hybridized carbons (Fsp3) is 0. The Morgan fingerprint density at radius 3 is 1.25 bits per heavy atom. The molecule has 1 radical (unpaired) electrons. The van der Waals surface area contributed by atoms with Gasteiger partial charge in [0.1, 0.15) is 0 Å². The van der Waals surface area contributed by atoms with Gasteiger partial charge in [-0.2, -0.15) is 0 Å². The van der Waals surface area contributed by atoms with Crippen molar-refractivity contribution in [2.24, 2.45) is 0 Å². The minimum atomic E-state index is 0. The summed E-state index contributed by atoms with van der Waals surface area (Å²) in [4.78, 5) is 0. The third-order valence-corrected chi connectivity index (χ3v) is 0. The summed E-state index contributed by atoms with van der Waals surface area (Å²) in [5.41, 5.74) is 0. The Kier molecular flexibility index (Phi) is 24.0. The monoisotopic (exact) mass is 587 g/mol. The molecule has 0 amide bonds. The molecule has 0 aromatic heterocycles. The van der Waals surface area contributed by atoms with Gasteiger partial charge >= 0.3 is 50.5 Å². The van der Waals surface area contributed by atoms with Gasteiger partial charge in [0, 0.05) is 27.3 Å². The van der Waals surface area contributed by atoms with Crippen molar-refractivity contribution < 1.29 is 0 Å². The van der Waals surface area contributed by atoms with Crippen molar-refractivity contribution in [3.05, 3.63) is 0 Å². The Hall–Kier alpha value is 3.11. The maximum Gasteiger partial charge on any atom is 0 e. The van der Waals surface area contributed by atoms with Gasteiger partial charge in [-0.1, -0.05) is 0 Å². The Morgan fingerprint density at radius 2 is 1.25 bits per heavy atom. The van der Waals surface area contributed by atoms with Crippen LogP contribution in [0.2, 0.25) is 0 Å². The van der Waals surface area contributed by atoms with Crippen molar-refractivity contribution in [1.29, 1.82) is 0 Å². The first-order valence-electron chi connectivity index (χ1n) is 0.309. The van der Waals surface area contributed by atoms with Gasteiger partial charge in [-0.15, -0.1) is 0 Å². The molecule has 0 atom stereocenters. The van der Waals surface area contributed by atoms with Crippen LogP contribution < -0.4 is 0 Å². The SMILES string of the molecule is I[IH]I.[Tl]. The molecule has 0 aliphatic heterocycles. The smallest absolute Gasteiger partial charge is 0 e. The van der Waals surface area contributed by atoms with E-state index >= 15 is 0 Å². The van der Waals surface area contributed by atoms with Crippen LogP contribution in [-0.2, 0) is 0 Å². The molecule has 0 saturated carbocycles. The van der Waals surface area contributed by atoms with Crippen LogP contribution in [0.3, 0.4) is 0 Å². The minimum Gasteiger partial charge on any atom is 0 e. The molecule has 0 fully saturated rings. The zero-order chi connectivity index (χ0) is 2.71. The fourth-order valence-corrected chi connectivity index (χ4v) is 0. The number of hydrogen-bond donors (Lipinski definition) is 0. The molecule has 0 spiro atoms. The first kappa shape index (κ1) is 10.2. The van der Waals surface area contributed by atoms with Crippen LogP contribution in [0.1, 0.15) is 0 Å². The zero-order valence-electron chi connectivity index (χ0n) is 1.74. The predicted octanol–water partition coefficient (Wildman–Crippen LogP) is 2.01. The van der Waals surface area contributed by atoms with E-state index in [1.165, 1.54) is 0 Å². The largest absolute Gasteiger partial charge is 0 e. The van der Waals surface area contributed by atoms with Gasteiger partial charge in [0.05, 0.1) is 0 Å². The van der Waals surface area contributed by atoms with E-state index in [1.807, 2.05) is 0 Å². The summed E-state index contributed by atoms with van der Waals surface area (Å²) in [6.45, 7) is 0. The summed E-state index contributed by atoms with van der Waals surface area (Å²) in [6.07, 6.45) is 0. The number of rotatable bonds is 0. The van der Waals surface area contributed by atoms with Crippen LogP contribution >= 0.6 is 50.5 Å². The maximum absolute atomic E-state index is 2.41. The fourth-order valence-electron chi connectivity index (χ4n) is 0. The topological polar surface area (TPSA) is 0 Å². The normalized spacial score (nSPS) is 5.50. The van der Waals surface area contributed by atoms with Crippen LogP contribution in [0.15, 0.2) is 0 Å². The third kappa shape index (κ3) is 8.93. The van der Waals surface area contributed by atoms with Gasteiger partial charge in [-0.05, 0) is 0 Å². The van der Waals surface area contributed by atoms with Crippen molar-refractivity contribution in [2.75, 3.05) is 0 Å². The Balaban J connectivity index is 0. The van der Waals surface area contributed by atoms with Gasteiger partial charge in [-0.25, -0.2) is 0 Å². The molecule has 0 aromatic rings. The third-order valence-electron chi connectivity index (χ3n) is 0. The van der Waals surface area contributed by atoms with E-state index in [2.05, 4.69) is 37.2 Å². The second kappa shape index (κ2) is 9.45. The van der Waals surface area contributed by atoms with E-state index in [4.69, 9.17) is 0 Å². The van der Waals surface area contributed by atoms with Gasteiger partial charge in [0.2, 0.25) is 0 Å². The Morgan fingerprint density at radius 1 is 1.25 bits per heavy atom. The van der Waals surface area contributed by atoms with Crippen molar-refractivity contribution in [2.45, 2.75) is 0 Å². The molecular weight excluding hydrogens is 585 g/mol. The van der Waals surface area contributed by atoms with Crippen LogP contribution in [0, 0.1) is 0 Å². The quantitative estimate of drug-likeness (QED) is 0.302. The van der Waals surface area contributed by atoms with Gasteiger partial charge in [-0.3, -0.25) is 0 Å². The maximum atomic E-state index is 2.41. The number of halogens is 3. The van der Waals surface area contributed by atoms with E-state index in [1.54, 1.807) is 0 Å². The molecule has 0 heterocycles. The Bertz CT molecular complexity index is 3.25. The molecule has 0 aromatic carbocycles. The first-order chi connectivity index (χ1) is 1.41. The van der Waals surface area contributed by atoms with E-state index in [0.29, 0.717) is 13.3 Å². The molecule has 0 bridgehead atoms. The van der Waals surface area contributed by atoms with E-state index in [-0.39, 0.29) is 27.3 Å². The van der Waals surface area contributed by atoms with Crippen molar-refractivity contribution in [3.63, 3.8) is 0 Å². The molecule has 0 nitrogen and oxygen atoms in total. The van der Waals surface area contributed by atoms with Crippen molar-refractivity contribution in [3.8, 4) is 0 Å². The average Bonchev–Trinajstić information content (AvgIpc) is 0.918. The summed E-state index contributed by atoms with van der Waals surface area (Å²) < 4.78 is 0. The molecule has 0 aliphatic rings. The zero-order valence-corrected chi connectivity index (χ0v) is 12.9. The van der Waals surface area contributed by atoms with Crippen LogP contribution in [0.4, 0.5) is 0 Å². The van der Waals surface area contributed by atoms with Crippen molar-refractivity contribution in [1.82, 2.24) is 0 Å². The van der Waals surface area contributed by atoms with Gasteiger partial charge in [0.25, 0.3) is 0 Å². The summed E-state index contributed by atoms with van der Waals surface area (Å²) in [5.74, 6) is 0. The first-order valence-corrected chi connectivity index (χ1v) is 13.9. The van der Waals surface area contributed by atoms with E-state index in [9.17, 15) is 0 Å². The van der Waals surface area contributed by atoms with E-state index < -0.39 is 0 Å². The number of hydrogen-bond acceptors (Lipinski definition) is 0. The summed E-state index contributed by atoms with van der Waals surface area (Å²) in [7, 11) is 0. The molecule has 0 aliphatic carbocycles. The second-order valence-corrected chi connectivity index (χ2v) is 17.6. The molecule has 0 saturated heterocycles. The molecule has 4 heavy (non-hydrogen) atoms. The standard InChI is InChI=1S/HI3.Tl/c1-3-2;/h3H;. The molecule has 4 heteroatoms. The summed E-state index contributed by atoms with van der Waals surface area (Å²) in [5, 5.41) is 0. The van der Waals surface area contributed by atoms with Crippen molar-refractivity contribution >= 4 is 77.8 Å². The second-order valence-electron chi connectivity index (χ2n) is 0.0583.